The van der Waals surface area contributed by atoms with E-state index in [1.165, 1.54) is 24.3 Å². The zero-order chi connectivity index (χ0) is 82.3. The third-order valence-electron chi connectivity index (χ3n) is 21.3. The summed E-state index contributed by atoms with van der Waals surface area (Å²) in [5, 5.41) is 53.5. The average molecular weight is 1530 g/mol. The maximum absolute atomic E-state index is 13.5. The molecule has 0 unspecified atom stereocenters. The van der Waals surface area contributed by atoms with E-state index in [-0.39, 0.29) is 90.9 Å². The molecule has 9 rings (SSSR count). The van der Waals surface area contributed by atoms with Gasteiger partial charge in [-0.05, 0) is 171 Å². The molecular formula is C98H130N2O12. The summed E-state index contributed by atoms with van der Waals surface area (Å²) in [5.74, 6) is 4.01. The SMILES string of the molecule is CCCOc1c2cc(C(C)(C)C)cc1Cc1cc(C(C)(C)C)cc(c1OCCC)Cc1cc(C(C)(C)C)cc(c1OCCC)Cc1cc([N+](=O)[O-])cc(c1O)Cc1cc(C(C)(C)C)cc(c1OCCC)Cc1cc(C(C)(C)C)cc(c1OCCC)Cc1cc(C(C)(C)C)cc(c1OCCC)Cc1cc([N+](=O)[O-])cc(c1O)C2. The minimum Gasteiger partial charge on any atom is -0.507 e. The Kier molecular flexibility index (Phi) is 27.6. The maximum atomic E-state index is 13.5. The molecule has 0 atom stereocenters. The van der Waals surface area contributed by atoms with Crippen LogP contribution in [0.4, 0.5) is 11.4 Å². The van der Waals surface area contributed by atoms with Crippen LogP contribution in [0.3, 0.4) is 0 Å². The van der Waals surface area contributed by atoms with E-state index in [0.29, 0.717) is 136 Å². The molecule has 1 aliphatic carbocycles. The van der Waals surface area contributed by atoms with Crippen LogP contribution in [-0.4, -0.2) is 59.7 Å². The predicted octanol–water partition coefficient (Wildman–Crippen LogP) is 24.5. The predicted molar refractivity (Wildman–Crippen MR) is 458 cm³/mol. The molecule has 2 N–H and O–H groups in total. The van der Waals surface area contributed by atoms with Crippen molar-refractivity contribution >= 4 is 11.4 Å². The van der Waals surface area contributed by atoms with Crippen LogP contribution < -0.4 is 28.4 Å². The highest BCUT2D eigenvalue weighted by atomic mass is 16.6. The van der Waals surface area contributed by atoms with Gasteiger partial charge in [0.25, 0.3) is 11.4 Å². The molecule has 16 bridgehead atoms. The van der Waals surface area contributed by atoms with Crippen molar-refractivity contribution in [2.45, 2.75) is 289 Å². The first-order valence-corrected chi connectivity index (χ1v) is 41.2. The van der Waals surface area contributed by atoms with Crippen LogP contribution in [-0.2, 0) is 83.9 Å². The van der Waals surface area contributed by atoms with Gasteiger partial charge in [0.15, 0.2) is 0 Å². The molecule has 0 radical (unpaired) electrons. The third-order valence-corrected chi connectivity index (χ3v) is 21.3. The molecule has 0 aromatic heterocycles. The Morgan fingerprint density at radius 3 is 0.482 bits per heavy atom. The van der Waals surface area contributed by atoms with Gasteiger partial charge in [-0.3, -0.25) is 20.2 Å². The summed E-state index contributed by atoms with van der Waals surface area (Å²) in [4.78, 5) is 26.4. The zero-order valence-electron chi connectivity index (χ0n) is 72.3. The molecule has 0 saturated heterocycles. The second kappa shape index (κ2) is 35.6. The van der Waals surface area contributed by atoms with Gasteiger partial charge in [0.05, 0.1) is 49.5 Å². The number of phenolic OH excluding ortho intramolecular Hbond substituents is 2. The van der Waals surface area contributed by atoms with Gasteiger partial charge in [0, 0.05) is 97.9 Å². The molecule has 0 amide bonds. The smallest absolute Gasteiger partial charge is 0.270 e. The Balaban J connectivity index is 1.45. The van der Waals surface area contributed by atoms with Gasteiger partial charge in [-0.2, -0.15) is 0 Å². The second-order valence-electron chi connectivity index (χ2n) is 37.5. The normalized spacial score (nSPS) is 13.4. The van der Waals surface area contributed by atoms with Crippen molar-refractivity contribution in [2.75, 3.05) is 39.6 Å². The lowest BCUT2D eigenvalue weighted by Crippen LogP contribution is -2.17. The summed E-state index contributed by atoms with van der Waals surface area (Å²) in [5.41, 5.74) is 15.9. The average Bonchev–Trinajstić information content (AvgIpc) is 0.775. The number of phenols is 2. The van der Waals surface area contributed by atoms with E-state index in [1.807, 2.05) is 0 Å². The van der Waals surface area contributed by atoms with Crippen molar-refractivity contribution in [3.8, 4) is 46.0 Å². The number of nitrogens with zero attached hydrogens (tertiary/aromatic N) is 2. The number of fused-ring (bicyclic) bond motifs is 16. The number of rotatable bonds is 20. The molecule has 0 heterocycles. The van der Waals surface area contributed by atoms with Crippen LogP contribution >= 0.6 is 0 Å². The van der Waals surface area contributed by atoms with Crippen molar-refractivity contribution in [3.05, 3.63) is 240 Å². The second-order valence-corrected chi connectivity index (χ2v) is 37.5. The molecule has 14 heteroatoms. The lowest BCUT2D eigenvalue weighted by molar-refractivity contribution is -0.385. The number of nitro benzene ring substituents is 2. The fourth-order valence-corrected chi connectivity index (χ4v) is 14.9. The Labute approximate surface area is 670 Å². The van der Waals surface area contributed by atoms with E-state index < -0.39 is 0 Å². The van der Waals surface area contributed by atoms with Crippen LogP contribution in [0.15, 0.2) is 97.1 Å². The standard InChI is InChI=1S/C98H130N2O12/c1-25-31-107-87-65-37-61-57-83(99(103)104)58-62(85(61)101)38-66-46-78(94(10,11)12)51-71(88(66)108-32-26-2)43-75-55-82(98(22,23)24)56-76(92(75)112-36-30-6)44-72-52-80(96(16,17)18)48-68(90(72)110-34-28-4)40-64-60-84(100(105)106)59-63(86(64)102)39-67-47-79(95(13,14)15)50-70(89(67)109-33-27-3)42-74-54-81(97(19,20)21)53-73(91(74)111-35-29-5)41-69(87)49-77(45-65)93(7,8)9/h45-60,101-102H,25-44H2,1-24H3. The van der Waals surface area contributed by atoms with E-state index in [0.717, 1.165) is 124 Å². The minimum absolute atomic E-state index is 0.0337. The van der Waals surface area contributed by atoms with Crippen LogP contribution in [0.25, 0.3) is 0 Å². The van der Waals surface area contributed by atoms with Gasteiger partial charge in [0.2, 0.25) is 0 Å². The van der Waals surface area contributed by atoms with Crippen molar-refractivity contribution in [3.63, 3.8) is 0 Å². The highest BCUT2D eigenvalue weighted by Crippen LogP contribution is 2.48. The van der Waals surface area contributed by atoms with Gasteiger partial charge in [0.1, 0.15) is 46.0 Å². The van der Waals surface area contributed by atoms with Crippen molar-refractivity contribution in [1.29, 1.82) is 0 Å². The maximum Gasteiger partial charge on any atom is 0.270 e. The molecule has 8 aromatic carbocycles. The van der Waals surface area contributed by atoms with E-state index in [2.05, 4.69) is 239 Å². The number of nitro groups is 2. The van der Waals surface area contributed by atoms with E-state index in [1.54, 1.807) is 0 Å². The fourth-order valence-electron chi connectivity index (χ4n) is 14.9. The Hall–Kier alpha value is -9.04. The largest absolute Gasteiger partial charge is 0.507 e. The minimum atomic E-state index is -0.386. The number of ether oxygens (including phenoxy) is 6. The lowest BCUT2D eigenvalue weighted by Gasteiger charge is -2.28. The molecule has 604 valence electrons. The summed E-state index contributed by atoms with van der Waals surface area (Å²) >= 11 is 0. The first-order valence-electron chi connectivity index (χ1n) is 41.2. The molecule has 112 heavy (non-hydrogen) atoms. The number of non-ortho nitro benzene ring substituents is 2. The Morgan fingerprint density at radius 1 is 0.250 bits per heavy atom. The van der Waals surface area contributed by atoms with Crippen LogP contribution in [0.2, 0.25) is 0 Å². The first-order chi connectivity index (χ1) is 52.5. The molecule has 0 spiro atoms. The number of aromatic hydroxyl groups is 2. The molecule has 0 fully saturated rings. The Bertz CT molecular complexity index is 4160. The van der Waals surface area contributed by atoms with E-state index in [4.69, 9.17) is 28.4 Å². The molecule has 1 aliphatic rings. The van der Waals surface area contributed by atoms with Gasteiger partial charge >= 0.3 is 0 Å². The number of hydrogen-bond donors (Lipinski definition) is 2. The zero-order valence-corrected chi connectivity index (χ0v) is 72.3. The summed E-state index contributed by atoms with van der Waals surface area (Å²) in [7, 11) is 0. The highest BCUT2D eigenvalue weighted by molar-refractivity contribution is 5.64. The quantitative estimate of drug-likeness (QED) is 0.0545. The van der Waals surface area contributed by atoms with Crippen LogP contribution in [0.1, 0.15) is 327 Å². The van der Waals surface area contributed by atoms with Gasteiger partial charge in [-0.15, -0.1) is 0 Å². The fraction of sp³-hybridized carbons (Fsp3) is 0.510. The van der Waals surface area contributed by atoms with Gasteiger partial charge in [-0.1, -0.05) is 239 Å². The lowest BCUT2D eigenvalue weighted by atomic mass is 9.80. The van der Waals surface area contributed by atoms with Crippen molar-refractivity contribution < 1.29 is 48.5 Å². The van der Waals surface area contributed by atoms with Crippen LogP contribution in [0, 0.1) is 20.2 Å². The molecule has 0 saturated carbocycles. The monoisotopic (exact) mass is 1530 g/mol. The summed E-state index contributed by atoms with van der Waals surface area (Å²) in [6, 6.07) is 32.8. The number of benzene rings is 8. The van der Waals surface area contributed by atoms with Crippen molar-refractivity contribution in [1.82, 2.24) is 0 Å². The van der Waals surface area contributed by atoms with E-state index in [9.17, 15) is 30.4 Å². The molecule has 8 aromatic rings. The molecule has 0 aliphatic heterocycles. The summed E-state index contributed by atoms with van der Waals surface area (Å²) in [6.07, 6.45) is 6.27. The third kappa shape index (κ3) is 21.0. The summed E-state index contributed by atoms with van der Waals surface area (Å²) in [6.45, 7) is 54.5. The van der Waals surface area contributed by atoms with Gasteiger partial charge in [-0.25, -0.2) is 0 Å². The highest BCUT2D eigenvalue weighted by Gasteiger charge is 2.33. The van der Waals surface area contributed by atoms with E-state index >= 15 is 0 Å². The molecule has 14 nitrogen and oxygen atoms in total. The van der Waals surface area contributed by atoms with Gasteiger partial charge < -0.3 is 38.6 Å². The topological polar surface area (TPSA) is 182 Å². The molecular weight excluding hydrogens is 1400 g/mol. The Morgan fingerprint density at radius 2 is 0.375 bits per heavy atom. The van der Waals surface area contributed by atoms with Crippen LogP contribution in [0.5, 0.6) is 46.0 Å². The first kappa shape index (κ1) is 86.9. The number of hydrogen-bond acceptors (Lipinski definition) is 12. The summed E-state index contributed by atoms with van der Waals surface area (Å²) < 4.78 is 42.5. The van der Waals surface area contributed by atoms with Crippen molar-refractivity contribution in [2.24, 2.45) is 0 Å².